The lowest BCUT2D eigenvalue weighted by Crippen LogP contribution is -2.33. The Morgan fingerprint density at radius 3 is 3.31 bits per heavy atom. The van der Waals surface area contributed by atoms with Crippen LogP contribution in [0.25, 0.3) is 6.20 Å². The molecule has 1 aliphatic rings. The Morgan fingerprint density at radius 1 is 1.81 bits per heavy atom. The van der Waals surface area contributed by atoms with Crippen LogP contribution in [0, 0.1) is 5.92 Å². The summed E-state index contributed by atoms with van der Waals surface area (Å²) in [7, 11) is 0. The maximum absolute atomic E-state index is 5.38. The average molecular weight is 221 g/mol. The Morgan fingerprint density at radius 2 is 2.69 bits per heavy atom. The average Bonchev–Trinajstić information content (AvgIpc) is 2.96. The molecule has 88 valence electrons. The quantitative estimate of drug-likeness (QED) is 0.819. The molecule has 1 saturated heterocycles. The lowest BCUT2D eigenvalue weighted by Gasteiger charge is -2.18. The number of hydrogen-bond donors (Lipinski definition) is 1. The second-order valence-corrected chi connectivity index (χ2v) is 4.30. The van der Waals surface area contributed by atoms with Crippen LogP contribution < -0.4 is 5.32 Å². The van der Waals surface area contributed by atoms with Crippen LogP contribution in [0.4, 0.5) is 0 Å². The molecule has 0 spiro atoms. The van der Waals surface area contributed by atoms with Crippen LogP contribution in [-0.4, -0.2) is 29.0 Å². The minimum absolute atomic E-state index is 0.495. The topological polar surface area (TPSA) is 39.1 Å². The zero-order valence-electron chi connectivity index (χ0n) is 9.72. The third kappa shape index (κ3) is 2.71. The summed E-state index contributed by atoms with van der Waals surface area (Å²) < 4.78 is 7.10. The molecule has 4 nitrogen and oxygen atoms in total. The van der Waals surface area contributed by atoms with Crippen molar-refractivity contribution in [1.82, 2.24) is 15.1 Å². The van der Waals surface area contributed by atoms with Crippen molar-refractivity contribution in [2.45, 2.75) is 25.9 Å². The zero-order chi connectivity index (χ0) is 11.4. The Labute approximate surface area is 96.3 Å². The molecule has 2 unspecified atom stereocenters. The summed E-state index contributed by atoms with van der Waals surface area (Å²) >= 11 is 0. The van der Waals surface area contributed by atoms with Crippen LogP contribution in [0.3, 0.4) is 0 Å². The van der Waals surface area contributed by atoms with Gasteiger partial charge in [0, 0.05) is 37.2 Å². The highest BCUT2D eigenvalue weighted by atomic mass is 16.5. The molecule has 0 aliphatic carbocycles. The number of ether oxygens (including phenoxy) is 1. The predicted octanol–water partition coefficient (Wildman–Crippen LogP) is 1.50. The number of nitrogens with one attached hydrogen (secondary N) is 1. The van der Waals surface area contributed by atoms with Crippen molar-refractivity contribution in [1.29, 1.82) is 0 Å². The van der Waals surface area contributed by atoms with Gasteiger partial charge in [0.15, 0.2) is 0 Å². The summed E-state index contributed by atoms with van der Waals surface area (Å²) in [5.74, 6) is 0.648. The van der Waals surface area contributed by atoms with E-state index in [2.05, 4.69) is 23.9 Å². The van der Waals surface area contributed by atoms with E-state index in [0.717, 1.165) is 19.8 Å². The van der Waals surface area contributed by atoms with Gasteiger partial charge in [0.2, 0.25) is 0 Å². The summed E-state index contributed by atoms with van der Waals surface area (Å²) in [5.41, 5.74) is 1.19. The Balaban J connectivity index is 1.79. The van der Waals surface area contributed by atoms with Crippen LogP contribution in [0.1, 0.15) is 18.9 Å². The van der Waals surface area contributed by atoms with E-state index >= 15 is 0 Å². The molecule has 0 amide bonds. The fourth-order valence-corrected chi connectivity index (χ4v) is 1.96. The summed E-state index contributed by atoms with van der Waals surface area (Å²) in [6.45, 7) is 8.54. The monoisotopic (exact) mass is 221 g/mol. The van der Waals surface area contributed by atoms with Gasteiger partial charge in [0.05, 0.1) is 12.8 Å². The molecular formula is C12H19N3O. The first-order chi connectivity index (χ1) is 7.79. The summed E-state index contributed by atoms with van der Waals surface area (Å²) in [4.78, 5) is 0. The van der Waals surface area contributed by atoms with Gasteiger partial charge < -0.3 is 10.1 Å². The molecule has 2 heterocycles. The van der Waals surface area contributed by atoms with Gasteiger partial charge in [-0.05, 0) is 19.3 Å². The smallest absolute Gasteiger partial charge is 0.0538 e. The summed E-state index contributed by atoms with van der Waals surface area (Å²) in [5, 5.41) is 7.65. The molecule has 1 N–H and O–H groups in total. The van der Waals surface area contributed by atoms with Gasteiger partial charge >= 0.3 is 0 Å². The molecule has 0 bridgehead atoms. The molecular weight excluding hydrogens is 202 g/mol. The number of rotatable bonds is 5. The van der Waals surface area contributed by atoms with Crippen molar-refractivity contribution in [2.75, 3.05) is 13.2 Å². The van der Waals surface area contributed by atoms with Crippen molar-refractivity contribution in [2.24, 2.45) is 5.92 Å². The van der Waals surface area contributed by atoms with E-state index in [4.69, 9.17) is 4.74 Å². The highest BCUT2D eigenvalue weighted by Gasteiger charge is 2.21. The molecule has 16 heavy (non-hydrogen) atoms. The van der Waals surface area contributed by atoms with E-state index in [1.54, 1.807) is 10.9 Å². The molecule has 0 aromatic carbocycles. The first-order valence-corrected chi connectivity index (χ1v) is 5.76. The number of aromatic nitrogens is 2. The summed E-state index contributed by atoms with van der Waals surface area (Å²) in [6.07, 6.45) is 6.71. The lowest BCUT2D eigenvalue weighted by molar-refractivity contribution is 0.178. The van der Waals surface area contributed by atoms with Crippen LogP contribution >= 0.6 is 0 Å². The van der Waals surface area contributed by atoms with E-state index in [1.807, 2.05) is 12.4 Å². The van der Waals surface area contributed by atoms with Crippen molar-refractivity contribution < 1.29 is 4.74 Å². The Bertz CT molecular complexity index is 342. The first kappa shape index (κ1) is 11.4. The molecule has 2 atom stereocenters. The van der Waals surface area contributed by atoms with Gasteiger partial charge in [0.1, 0.15) is 0 Å². The number of nitrogens with zero attached hydrogens (tertiary/aromatic N) is 2. The predicted molar refractivity (Wildman–Crippen MR) is 63.8 cm³/mol. The maximum Gasteiger partial charge on any atom is 0.0538 e. The van der Waals surface area contributed by atoms with E-state index < -0.39 is 0 Å². The van der Waals surface area contributed by atoms with Crippen LogP contribution in [0.15, 0.2) is 19.0 Å². The van der Waals surface area contributed by atoms with Gasteiger partial charge in [-0.3, -0.25) is 0 Å². The second kappa shape index (κ2) is 5.27. The van der Waals surface area contributed by atoms with Crippen molar-refractivity contribution in [3.8, 4) is 0 Å². The van der Waals surface area contributed by atoms with Gasteiger partial charge in [-0.25, -0.2) is 4.68 Å². The van der Waals surface area contributed by atoms with E-state index in [9.17, 15) is 0 Å². The molecule has 0 radical (unpaired) electrons. The standard InChI is InChI=1S/C12H19N3O/c1-3-15-8-11(7-14-15)6-13-10(2)12-4-5-16-9-12/h3,7-8,10,12-13H,1,4-6,9H2,2H3. The van der Waals surface area contributed by atoms with Crippen LogP contribution in [-0.2, 0) is 11.3 Å². The maximum atomic E-state index is 5.38. The molecule has 1 fully saturated rings. The van der Waals surface area contributed by atoms with Crippen molar-refractivity contribution >= 4 is 6.20 Å². The van der Waals surface area contributed by atoms with E-state index in [-0.39, 0.29) is 0 Å². The fourth-order valence-electron chi connectivity index (χ4n) is 1.96. The molecule has 1 aromatic heterocycles. The van der Waals surface area contributed by atoms with E-state index in [0.29, 0.717) is 12.0 Å². The fraction of sp³-hybridized carbons (Fsp3) is 0.583. The zero-order valence-corrected chi connectivity index (χ0v) is 9.72. The second-order valence-electron chi connectivity index (χ2n) is 4.30. The first-order valence-electron chi connectivity index (χ1n) is 5.76. The van der Waals surface area contributed by atoms with Gasteiger partial charge in [-0.15, -0.1) is 0 Å². The molecule has 2 rings (SSSR count). The van der Waals surface area contributed by atoms with Gasteiger partial charge in [-0.1, -0.05) is 6.58 Å². The van der Waals surface area contributed by atoms with E-state index in [1.165, 1.54) is 12.0 Å². The molecule has 1 aromatic rings. The number of hydrogen-bond acceptors (Lipinski definition) is 3. The van der Waals surface area contributed by atoms with Crippen LogP contribution in [0.5, 0.6) is 0 Å². The molecule has 1 aliphatic heterocycles. The SMILES string of the molecule is C=Cn1cc(CNC(C)C2CCOC2)cn1. The van der Waals surface area contributed by atoms with Crippen molar-refractivity contribution in [3.63, 3.8) is 0 Å². The Kier molecular flexibility index (Phi) is 3.74. The summed E-state index contributed by atoms with van der Waals surface area (Å²) in [6, 6.07) is 0.495. The highest BCUT2D eigenvalue weighted by Crippen LogP contribution is 2.16. The Hall–Kier alpha value is -1.13. The highest BCUT2D eigenvalue weighted by molar-refractivity contribution is 5.17. The third-order valence-corrected chi connectivity index (χ3v) is 3.14. The molecule has 0 saturated carbocycles. The lowest BCUT2D eigenvalue weighted by atomic mass is 10.0. The van der Waals surface area contributed by atoms with Crippen molar-refractivity contribution in [3.05, 3.63) is 24.5 Å². The largest absolute Gasteiger partial charge is 0.381 e. The third-order valence-electron chi connectivity index (χ3n) is 3.14. The van der Waals surface area contributed by atoms with Gasteiger partial charge in [-0.2, -0.15) is 5.10 Å². The van der Waals surface area contributed by atoms with Crippen LogP contribution in [0.2, 0.25) is 0 Å². The molecule has 4 heteroatoms. The normalized spacial score (nSPS) is 22.2. The minimum atomic E-state index is 0.495. The minimum Gasteiger partial charge on any atom is -0.381 e. The van der Waals surface area contributed by atoms with Gasteiger partial charge in [0.25, 0.3) is 0 Å².